The molecule has 1 rings (SSSR count). The molecule has 0 heterocycles. The first-order valence-corrected chi connectivity index (χ1v) is 3.44. The standard InChI is InChI=1S/C6H6ClN3O2/c7-6-4(9-8)2-1-3-5(6)10(11)12/h1-3,9H,8H2. The molecule has 0 saturated heterocycles. The fraction of sp³-hybridized carbons (Fsp3) is 0. The van der Waals surface area contributed by atoms with Crippen LogP contribution in [0.1, 0.15) is 0 Å². The lowest BCUT2D eigenvalue weighted by Gasteiger charge is -2.01. The summed E-state index contributed by atoms with van der Waals surface area (Å²) in [6.07, 6.45) is 0. The van der Waals surface area contributed by atoms with Crippen LogP contribution in [0.3, 0.4) is 0 Å². The summed E-state index contributed by atoms with van der Waals surface area (Å²) in [6.45, 7) is 0. The number of benzene rings is 1. The predicted octanol–water partition coefficient (Wildman–Crippen LogP) is 1.53. The van der Waals surface area contributed by atoms with Gasteiger partial charge in [-0.2, -0.15) is 0 Å². The van der Waals surface area contributed by atoms with E-state index in [1.807, 2.05) is 0 Å². The number of nitro groups is 1. The van der Waals surface area contributed by atoms with Gasteiger partial charge < -0.3 is 5.43 Å². The molecule has 12 heavy (non-hydrogen) atoms. The van der Waals surface area contributed by atoms with Crippen LogP contribution in [0.15, 0.2) is 18.2 Å². The number of halogens is 1. The number of nitrogens with zero attached hydrogens (tertiary/aromatic N) is 1. The van der Waals surface area contributed by atoms with Gasteiger partial charge in [-0.25, -0.2) is 0 Å². The number of rotatable bonds is 2. The Morgan fingerprint density at radius 2 is 2.25 bits per heavy atom. The van der Waals surface area contributed by atoms with Gasteiger partial charge in [-0.05, 0) is 6.07 Å². The van der Waals surface area contributed by atoms with Crippen molar-refractivity contribution in [1.29, 1.82) is 0 Å². The van der Waals surface area contributed by atoms with Crippen molar-refractivity contribution in [3.05, 3.63) is 33.3 Å². The summed E-state index contributed by atoms with van der Waals surface area (Å²) in [5.41, 5.74) is 2.43. The van der Waals surface area contributed by atoms with E-state index in [9.17, 15) is 10.1 Å². The molecule has 3 N–H and O–H groups in total. The van der Waals surface area contributed by atoms with Gasteiger partial charge in [-0.15, -0.1) is 0 Å². The van der Waals surface area contributed by atoms with Gasteiger partial charge in [0.1, 0.15) is 5.02 Å². The molecular formula is C6H6ClN3O2. The molecule has 5 nitrogen and oxygen atoms in total. The number of hydrazine groups is 1. The second kappa shape index (κ2) is 3.38. The van der Waals surface area contributed by atoms with E-state index in [-0.39, 0.29) is 10.7 Å². The van der Waals surface area contributed by atoms with Gasteiger partial charge in [-0.3, -0.25) is 16.0 Å². The van der Waals surface area contributed by atoms with Crippen LogP contribution in [0, 0.1) is 10.1 Å². The summed E-state index contributed by atoms with van der Waals surface area (Å²) in [6, 6.07) is 4.36. The Kier molecular flexibility index (Phi) is 2.47. The van der Waals surface area contributed by atoms with E-state index in [4.69, 9.17) is 17.4 Å². The number of hydrogen-bond donors (Lipinski definition) is 2. The first-order chi connectivity index (χ1) is 5.66. The average molecular weight is 188 g/mol. The Hall–Kier alpha value is -1.33. The van der Waals surface area contributed by atoms with Crippen LogP contribution in [0.4, 0.5) is 11.4 Å². The van der Waals surface area contributed by atoms with Crippen LogP contribution >= 0.6 is 11.6 Å². The van der Waals surface area contributed by atoms with E-state index in [0.717, 1.165) is 0 Å². The van der Waals surface area contributed by atoms with Gasteiger partial charge in [0.2, 0.25) is 0 Å². The molecule has 0 radical (unpaired) electrons. The summed E-state index contributed by atoms with van der Waals surface area (Å²) in [5.74, 6) is 5.06. The molecule has 0 bridgehead atoms. The van der Waals surface area contributed by atoms with E-state index in [0.29, 0.717) is 5.69 Å². The minimum Gasteiger partial charge on any atom is -0.322 e. The van der Waals surface area contributed by atoms with Gasteiger partial charge in [0, 0.05) is 6.07 Å². The largest absolute Gasteiger partial charge is 0.322 e. The zero-order valence-electron chi connectivity index (χ0n) is 5.95. The highest BCUT2D eigenvalue weighted by atomic mass is 35.5. The third-order valence-corrected chi connectivity index (χ3v) is 1.73. The SMILES string of the molecule is NNc1cccc([N+](=O)[O-])c1Cl. The summed E-state index contributed by atoms with van der Waals surface area (Å²) >= 11 is 5.62. The van der Waals surface area contributed by atoms with E-state index < -0.39 is 4.92 Å². The smallest absolute Gasteiger partial charge is 0.290 e. The minimum absolute atomic E-state index is 0.0185. The van der Waals surface area contributed by atoms with Crippen molar-refractivity contribution < 1.29 is 4.92 Å². The number of nitro benzene ring substituents is 1. The van der Waals surface area contributed by atoms with Gasteiger partial charge in [-0.1, -0.05) is 17.7 Å². The average Bonchev–Trinajstić information content (AvgIpc) is 2.04. The van der Waals surface area contributed by atoms with Crippen molar-refractivity contribution in [3.8, 4) is 0 Å². The van der Waals surface area contributed by atoms with Gasteiger partial charge >= 0.3 is 0 Å². The summed E-state index contributed by atoms with van der Waals surface area (Å²) in [4.78, 5) is 9.78. The lowest BCUT2D eigenvalue weighted by atomic mass is 10.3. The lowest BCUT2D eigenvalue weighted by Crippen LogP contribution is -2.07. The fourth-order valence-corrected chi connectivity index (χ4v) is 1.02. The van der Waals surface area contributed by atoms with Crippen molar-refractivity contribution in [3.63, 3.8) is 0 Å². The fourth-order valence-electron chi connectivity index (χ4n) is 0.772. The van der Waals surface area contributed by atoms with Crippen molar-refractivity contribution in [1.82, 2.24) is 0 Å². The van der Waals surface area contributed by atoms with Crippen molar-refractivity contribution in [2.75, 3.05) is 5.43 Å². The molecule has 0 unspecified atom stereocenters. The van der Waals surface area contributed by atoms with Crippen molar-refractivity contribution in [2.45, 2.75) is 0 Å². The van der Waals surface area contributed by atoms with E-state index in [2.05, 4.69) is 5.43 Å². The highest BCUT2D eigenvalue weighted by Gasteiger charge is 2.13. The Morgan fingerprint density at radius 1 is 1.58 bits per heavy atom. The van der Waals surface area contributed by atoms with Crippen LogP contribution in [-0.2, 0) is 0 Å². The zero-order valence-corrected chi connectivity index (χ0v) is 6.71. The van der Waals surface area contributed by atoms with Crippen LogP contribution in [0.2, 0.25) is 5.02 Å². The number of nitrogen functional groups attached to an aromatic ring is 1. The third kappa shape index (κ3) is 1.46. The first kappa shape index (κ1) is 8.76. The van der Waals surface area contributed by atoms with Gasteiger partial charge in [0.05, 0.1) is 10.6 Å². The quantitative estimate of drug-likeness (QED) is 0.418. The first-order valence-electron chi connectivity index (χ1n) is 3.06. The summed E-state index contributed by atoms with van der Waals surface area (Å²) in [5, 5.41) is 10.4. The van der Waals surface area contributed by atoms with Crippen molar-refractivity contribution >= 4 is 23.0 Å². The molecule has 64 valence electrons. The molecule has 1 aromatic rings. The Labute approximate surface area is 73.2 Å². The summed E-state index contributed by atoms with van der Waals surface area (Å²) in [7, 11) is 0. The third-order valence-electron chi connectivity index (χ3n) is 1.33. The number of hydrogen-bond acceptors (Lipinski definition) is 4. The van der Waals surface area contributed by atoms with Crippen molar-refractivity contribution in [2.24, 2.45) is 5.84 Å². The Morgan fingerprint density at radius 3 is 2.75 bits per heavy atom. The second-order valence-corrected chi connectivity index (χ2v) is 2.42. The molecule has 0 aliphatic carbocycles. The maximum atomic E-state index is 10.3. The minimum atomic E-state index is -0.566. The molecule has 1 aromatic carbocycles. The summed E-state index contributed by atoms with van der Waals surface area (Å²) < 4.78 is 0. The van der Waals surface area contributed by atoms with Crippen LogP contribution in [-0.4, -0.2) is 4.92 Å². The molecular weight excluding hydrogens is 182 g/mol. The van der Waals surface area contributed by atoms with E-state index in [1.54, 1.807) is 6.07 Å². The topological polar surface area (TPSA) is 81.2 Å². The highest BCUT2D eigenvalue weighted by Crippen LogP contribution is 2.30. The van der Waals surface area contributed by atoms with Gasteiger partial charge in [0.25, 0.3) is 5.69 Å². The number of anilines is 1. The molecule has 0 saturated carbocycles. The highest BCUT2D eigenvalue weighted by molar-refractivity contribution is 6.35. The molecule has 0 aromatic heterocycles. The predicted molar refractivity (Wildman–Crippen MR) is 45.9 cm³/mol. The normalized spacial score (nSPS) is 9.50. The zero-order chi connectivity index (χ0) is 9.14. The van der Waals surface area contributed by atoms with Crippen LogP contribution in [0.5, 0.6) is 0 Å². The lowest BCUT2D eigenvalue weighted by molar-refractivity contribution is -0.384. The monoisotopic (exact) mass is 187 g/mol. The number of nitrogens with one attached hydrogen (secondary N) is 1. The number of nitrogens with two attached hydrogens (primary N) is 1. The maximum absolute atomic E-state index is 10.3. The molecule has 0 aliphatic rings. The Balaban J connectivity index is 3.23. The molecule has 0 aliphatic heterocycles. The molecule has 0 atom stereocenters. The molecule has 0 fully saturated rings. The van der Waals surface area contributed by atoms with Crippen LogP contribution in [0.25, 0.3) is 0 Å². The Bertz CT molecular complexity index is 316. The molecule has 6 heteroatoms. The molecule has 0 spiro atoms. The van der Waals surface area contributed by atoms with Crippen LogP contribution < -0.4 is 11.3 Å². The molecule has 0 amide bonds. The van der Waals surface area contributed by atoms with Gasteiger partial charge in [0.15, 0.2) is 0 Å². The second-order valence-electron chi connectivity index (χ2n) is 2.04. The van der Waals surface area contributed by atoms with E-state index >= 15 is 0 Å². The van der Waals surface area contributed by atoms with E-state index in [1.165, 1.54) is 12.1 Å². The maximum Gasteiger partial charge on any atom is 0.290 e.